The summed E-state index contributed by atoms with van der Waals surface area (Å²) in [6.07, 6.45) is 5.72. The summed E-state index contributed by atoms with van der Waals surface area (Å²) in [6, 6.07) is 14.0. The van der Waals surface area contributed by atoms with Crippen molar-refractivity contribution in [3.8, 4) is 0 Å². The van der Waals surface area contributed by atoms with E-state index in [4.69, 9.17) is 11.6 Å². The molecule has 0 amide bonds. The van der Waals surface area contributed by atoms with Crippen molar-refractivity contribution in [2.45, 2.75) is 10.9 Å². The second-order valence-corrected chi connectivity index (χ2v) is 6.28. The summed E-state index contributed by atoms with van der Waals surface area (Å²) >= 11 is 7.94. The zero-order valence-electron chi connectivity index (χ0n) is 11.6. The summed E-state index contributed by atoms with van der Waals surface area (Å²) in [7, 11) is 0. The summed E-state index contributed by atoms with van der Waals surface area (Å²) < 4.78 is 2.09. The Morgan fingerprint density at radius 1 is 1.05 bits per heavy atom. The number of hydrogen-bond donors (Lipinski definition) is 0. The predicted octanol–water partition coefficient (Wildman–Crippen LogP) is 4.83. The number of thioether (sulfide) groups is 1. The highest BCUT2D eigenvalue weighted by molar-refractivity contribution is 7.98. The first-order chi connectivity index (χ1) is 10.8. The van der Waals surface area contributed by atoms with Gasteiger partial charge in [-0.3, -0.25) is 9.38 Å². The maximum atomic E-state index is 6.24. The molecule has 0 aliphatic rings. The smallest absolute Gasteiger partial charge is 0.172 e. The van der Waals surface area contributed by atoms with Crippen LogP contribution in [0.1, 0.15) is 5.56 Å². The molecule has 0 aliphatic carbocycles. The van der Waals surface area contributed by atoms with Crippen molar-refractivity contribution in [3.63, 3.8) is 0 Å². The van der Waals surface area contributed by atoms with Crippen LogP contribution < -0.4 is 0 Å². The molecular weight excluding hydrogens is 314 g/mol. The van der Waals surface area contributed by atoms with Crippen molar-refractivity contribution >= 4 is 39.8 Å². The molecule has 108 valence electrons. The molecule has 0 radical (unpaired) electrons. The Balaban J connectivity index is 1.69. The third-order valence-corrected chi connectivity index (χ3v) is 4.91. The monoisotopic (exact) mass is 325 g/mol. The standard InChI is InChI=1S/C17H12ClN3S/c18-15-7-6-12(16-14(15)5-3-8-19-16)11-22-17-20-10-13-4-1-2-9-21(13)17/h1-10H,11H2. The van der Waals surface area contributed by atoms with Crippen LogP contribution in [0.3, 0.4) is 0 Å². The number of fused-ring (bicyclic) bond motifs is 2. The number of imidazole rings is 1. The third kappa shape index (κ3) is 2.34. The van der Waals surface area contributed by atoms with E-state index < -0.39 is 0 Å². The number of halogens is 1. The fraction of sp³-hybridized carbons (Fsp3) is 0.0588. The van der Waals surface area contributed by atoms with E-state index in [1.807, 2.05) is 48.8 Å². The van der Waals surface area contributed by atoms with E-state index in [2.05, 4.69) is 20.4 Å². The zero-order chi connectivity index (χ0) is 14.9. The average molecular weight is 326 g/mol. The maximum absolute atomic E-state index is 6.24. The summed E-state index contributed by atoms with van der Waals surface area (Å²) in [5.41, 5.74) is 3.23. The van der Waals surface area contributed by atoms with Crippen LogP contribution in [-0.2, 0) is 5.75 Å². The van der Waals surface area contributed by atoms with Gasteiger partial charge in [-0.05, 0) is 35.9 Å². The van der Waals surface area contributed by atoms with Gasteiger partial charge in [-0.15, -0.1) is 0 Å². The van der Waals surface area contributed by atoms with Crippen molar-refractivity contribution in [1.29, 1.82) is 0 Å². The van der Waals surface area contributed by atoms with Crippen molar-refractivity contribution in [2.75, 3.05) is 0 Å². The largest absolute Gasteiger partial charge is 0.295 e. The number of hydrogen-bond acceptors (Lipinski definition) is 3. The Labute approximate surface area is 137 Å². The van der Waals surface area contributed by atoms with Gasteiger partial charge in [-0.25, -0.2) is 4.98 Å². The van der Waals surface area contributed by atoms with Crippen LogP contribution in [-0.4, -0.2) is 14.4 Å². The van der Waals surface area contributed by atoms with E-state index in [0.29, 0.717) is 0 Å². The maximum Gasteiger partial charge on any atom is 0.172 e. The summed E-state index contributed by atoms with van der Waals surface area (Å²) in [5.74, 6) is 0.804. The number of nitrogens with zero attached hydrogens (tertiary/aromatic N) is 3. The van der Waals surface area contributed by atoms with E-state index in [-0.39, 0.29) is 0 Å². The first-order valence-corrected chi connectivity index (χ1v) is 8.26. The van der Waals surface area contributed by atoms with Crippen LogP contribution >= 0.6 is 23.4 Å². The van der Waals surface area contributed by atoms with Crippen LogP contribution in [0, 0.1) is 0 Å². The van der Waals surface area contributed by atoms with Gasteiger partial charge in [0.25, 0.3) is 0 Å². The number of rotatable bonds is 3. The molecule has 0 bridgehead atoms. The minimum Gasteiger partial charge on any atom is -0.295 e. The molecule has 5 heteroatoms. The van der Waals surface area contributed by atoms with Crippen molar-refractivity contribution < 1.29 is 0 Å². The second kappa shape index (κ2) is 5.63. The molecule has 0 saturated carbocycles. The Morgan fingerprint density at radius 3 is 2.95 bits per heavy atom. The molecule has 0 atom stereocenters. The molecule has 3 aromatic heterocycles. The highest BCUT2D eigenvalue weighted by Gasteiger charge is 2.08. The van der Waals surface area contributed by atoms with Gasteiger partial charge in [-0.1, -0.05) is 35.5 Å². The molecular formula is C17H12ClN3S. The summed E-state index contributed by atoms with van der Waals surface area (Å²) in [6.45, 7) is 0. The number of aromatic nitrogens is 3. The molecule has 0 spiro atoms. The fourth-order valence-corrected chi connectivity index (χ4v) is 3.65. The SMILES string of the molecule is Clc1ccc(CSc2ncc3ccccn23)c2ncccc12. The Hall–Kier alpha value is -2.04. The molecule has 4 rings (SSSR count). The summed E-state index contributed by atoms with van der Waals surface area (Å²) in [5, 5.41) is 2.72. The van der Waals surface area contributed by atoms with Crippen LogP contribution in [0.2, 0.25) is 5.02 Å². The highest BCUT2D eigenvalue weighted by atomic mass is 35.5. The molecule has 3 heterocycles. The van der Waals surface area contributed by atoms with Crippen molar-refractivity contribution in [2.24, 2.45) is 0 Å². The van der Waals surface area contributed by atoms with E-state index in [1.165, 1.54) is 0 Å². The van der Waals surface area contributed by atoms with Crippen LogP contribution in [0.15, 0.2) is 66.2 Å². The van der Waals surface area contributed by atoms with Gasteiger partial charge in [0.2, 0.25) is 0 Å². The van der Waals surface area contributed by atoms with E-state index in [9.17, 15) is 0 Å². The lowest BCUT2D eigenvalue weighted by atomic mass is 10.1. The Morgan fingerprint density at radius 2 is 2.00 bits per heavy atom. The molecule has 1 aromatic carbocycles. The first kappa shape index (κ1) is 13.6. The number of pyridine rings is 2. The molecule has 0 N–H and O–H groups in total. The van der Waals surface area contributed by atoms with Gasteiger partial charge in [0.1, 0.15) is 0 Å². The van der Waals surface area contributed by atoms with Crippen molar-refractivity contribution in [1.82, 2.24) is 14.4 Å². The Bertz CT molecular complexity index is 964. The van der Waals surface area contributed by atoms with E-state index in [1.54, 1.807) is 18.0 Å². The Kier molecular flexibility index (Phi) is 3.48. The normalized spacial score (nSPS) is 11.3. The second-order valence-electron chi connectivity index (χ2n) is 4.93. The molecule has 0 fully saturated rings. The first-order valence-electron chi connectivity index (χ1n) is 6.90. The summed E-state index contributed by atoms with van der Waals surface area (Å²) in [4.78, 5) is 8.97. The topological polar surface area (TPSA) is 30.2 Å². The van der Waals surface area contributed by atoms with Gasteiger partial charge < -0.3 is 0 Å². The molecule has 4 aromatic rings. The van der Waals surface area contributed by atoms with Gasteiger partial charge in [0, 0.05) is 28.6 Å². The quantitative estimate of drug-likeness (QED) is 0.505. The lowest BCUT2D eigenvalue weighted by Crippen LogP contribution is -1.90. The van der Waals surface area contributed by atoms with Crippen LogP contribution in [0.25, 0.3) is 16.4 Å². The van der Waals surface area contributed by atoms with Gasteiger partial charge >= 0.3 is 0 Å². The number of benzene rings is 1. The predicted molar refractivity (Wildman–Crippen MR) is 91.5 cm³/mol. The lowest BCUT2D eigenvalue weighted by Gasteiger charge is -2.06. The average Bonchev–Trinajstić information content (AvgIpc) is 2.98. The minimum absolute atomic E-state index is 0.739. The lowest BCUT2D eigenvalue weighted by molar-refractivity contribution is 0.958. The molecule has 0 saturated heterocycles. The molecule has 3 nitrogen and oxygen atoms in total. The van der Waals surface area contributed by atoms with E-state index in [0.717, 1.165) is 37.9 Å². The highest BCUT2D eigenvalue weighted by Crippen LogP contribution is 2.29. The van der Waals surface area contributed by atoms with E-state index >= 15 is 0 Å². The minimum atomic E-state index is 0.739. The molecule has 0 unspecified atom stereocenters. The van der Waals surface area contributed by atoms with Crippen LogP contribution in [0.5, 0.6) is 0 Å². The van der Waals surface area contributed by atoms with Gasteiger partial charge in [0.15, 0.2) is 5.16 Å². The zero-order valence-corrected chi connectivity index (χ0v) is 13.2. The fourth-order valence-electron chi connectivity index (χ4n) is 2.48. The van der Waals surface area contributed by atoms with Gasteiger partial charge in [-0.2, -0.15) is 0 Å². The van der Waals surface area contributed by atoms with Crippen molar-refractivity contribution in [3.05, 3.63) is 71.6 Å². The molecule has 22 heavy (non-hydrogen) atoms. The molecule has 0 aliphatic heterocycles. The van der Waals surface area contributed by atoms with Crippen LogP contribution in [0.4, 0.5) is 0 Å². The third-order valence-electron chi connectivity index (χ3n) is 3.56. The van der Waals surface area contributed by atoms with Gasteiger partial charge in [0.05, 0.1) is 17.2 Å².